The number of benzene rings is 1. The lowest BCUT2D eigenvalue weighted by molar-refractivity contribution is 0.157. The van der Waals surface area contributed by atoms with Gasteiger partial charge in [-0.05, 0) is 37.5 Å². The number of piperazine rings is 1. The van der Waals surface area contributed by atoms with E-state index in [1.807, 2.05) is 0 Å². The molecule has 2 aliphatic rings. The zero-order chi connectivity index (χ0) is 14.7. The van der Waals surface area contributed by atoms with Gasteiger partial charge in [0.2, 0.25) is 0 Å². The number of halogens is 3. The van der Waals surface area contributed by atoms with Gasteiger partial charge in [-0.3, -0.25) is 4.90 Å². The van der Waals surface area contributed by atoms with Crippen LogP contribution in [0.5, 0.6) is 5.75 Å². The third-order valence-electron chi connectivity index (χ3n) is 4.48. The van der Waals surface area contributed by atoms with E-state index in [9.17, 15) is 0 Å². The maximum Gasteiger partial charge on any atom is 0.124 e. The molecule has 1 aromatic rings. The van der Waals surface area contributed by atoms with E-state index < -0.39 is 0 Å². The van der Waals surface area contributed by atoms with Gasteiger partial charge in [-0.1, -0.05) is 28.8 Å². The first kappa shape index (κ1) is 21.0. The van der Waals surface area contributed by atoms with Crippen LogP contribution in [0, 0.1) is 5.92 Å². The second kappa shape index (κ2) is 10.1. The fraction of sp³-hybridized carbons (Fsp3) is 0.647. The molecule has 3 rings (SSSR count). The first-order valence-electron chi connectivity index (χ1n) is 8.15. The Kier molecular flexibility index (Phi) is 9.24. The lowest BCUT2D eigenvalue weighted by Crippen LogP contribution is -2.45. The number of ether oxygens (including phenoxy) is 1. The lowest BCUT2D eigenvalue weighted by atomic mass is 9.97. The van der Waals surface area contributed by atoms with Crippen molar-refractivity contribution in [2.75, 3.05) is 32.8 Å². The zero-order valence-electron chi connectivity index (χ0n) is 13.6. The zero-order valence-corrected chi connectivity index (χ0v) is 16.8. The highest BCUT2D eigenvalue weighted by Gasteiger charge is 2.32. The Morgan fingerprint density at radius 1 is 1.26 bits per heavy atom. The number of hydrogen-bond donors (Lipinski definition) is 1. The molecule has 23 heavy (non-hydrogen) atoms. The van der Waals surface area contributed by atoms with Crippen LogP contribution < -0.4 is 10.1 Å². The van der Waals surface area contributed by atoms with Crippen LogP contribution in [-0.2, 0) is 0 Å². The van der Waals surface area contributed by atoms with E-state index in [1.165, 1.54) is 24.8 Å². The molecule has 1 aromatic carbocycles. The highest BCUT2D eigenvalue weighted by molar-refractivity contribution is 9.10. The summed E-state index contributed by atoms with van der Waals surface area (Å²) in [7, 11) is 0. The molecule has 132 valence electrons. The van der Waals surface area contributed by atoms with Gasteiger partial charge in [0.25, 0.3) is 0 Å². The van der Waals surface area contributed by atoms with Crippen LogP contribution in [0.15, 0.2) is 22.7 Å². The quantitative estimate of drug-likeness (QED) is 0.729. The van der Waals surface area contributed by atoms with Gasteiger partial charge in [0.05, 0.1) is 6.61 Å². The van der Waals surface area contributed by atoms with E-state index >= 15 is 0 Å². The predicted octanol–water partition coefficient (Wildman–Crippen LogP) is 4.44. The SMILES string of the molecule is CCOc1ccc(Br)cc1[C@@H](CC1CC1)N1CCNCC1.Cl.Cl. The number of hydrogen-bond acceptors (Lipinski definition) is 3. The molecule has 1 aliphatic heterocycles. The Morgan fingerprint density at radius 3 is 2.57 bits per heavy atom. The molecule has 0 radical (unpaired) electrons. The van der Waals surface area contributed by atoms with E-state index in [4.69, 9.17) is 4.74 Å². The van der Waals surface area contributed by atoms with Crippen LogP contribution in [0.1, 0.15) is 37.8 Å². The van der Waals surface area contributed by atoms with Crippen molar-refractivity contribution in [1.82, 2.24) is 10.2 Å². The van der Waals surface area contributed by atoms with Crippen LogP contribution in [0.25, 0.3) is 0 Å². The Morgan fingerprint density at radius 2 is 1.96 bits per heavy atom. The smallest absolute Gasteiger partial charge is 0.124 e. The molecule has 0 unspecified atom stereocenters. The van der Waals surface area contributed by atoms with Crippen molar-refractivity contribution >= 4 is 40.7 Å². The third kappa shape index (κ3) is 5.79. The van der Waals surface area contributed by atoms with E-state index in [-0.39, 0.29) is 24.8 Å². The topological polar surface area (TPSA) is 24.5 Å². The molecule has 6 heteroatoms. The molecule has 3 nitrogen and oxygen atoms in total. The second-order valence-corrected chi connectivity index (χ2v) is 7.01. The van der Waals surface area contributed by atoms with Crippen molar-refractivity contribution in [1.29, 1.82) is 0 Å². The van der Waals surface area contributed by atoms with Crippen molar-refractivity contribution in [2.45, 2.75) is 32.2 Å². The average molecular weight is 426 g/mol. The van der Waals surface area contributed by atoms with Crippen molar-refractivity contribution < 1.29 is 4.74 Å². The van der Waals surface area contributed by atoms with Gasteiger partial charge in [-0.2, -0.15) is 0 Å². The fourth-order valence-corrected chi connectivity index (χ4v) is 3.58. The van der Waals surface area contributed by atoms with Gasteiger partial charge in [0.15, 0.2) is 0 Å². The van der Waals surface area contributed by atoms with Crippen molar-refractivity contribution in [3.63, 3.8) is 0 Å². The molecule has 1 aliphatic carbocycles. The maximum atomic E-state index is 5.90. The summed E-state index contributed by atoms with van der Waals surface area (Å²) in [6, 6.07) is 6.96. The maximum absolute atomic E-state index is 5.90. The average Bonchev–Trinajstić information content (AvgIpc) is 3.32. The van der Waals surface area contributed by atoms with Gasteiger partial charge in [0.1, 0.15) is 5.75 Å². The number of nitrogens with zero attached hydrogens (tertiary/aromatic N) is 1. The van der Waals surface area contributed by atoms with Crippen molar-refractivity contribution in [3.8, 4) is 5.75 Å². The third-order valence-corrected chi connectivity index (χ3v) is 4.97. The summed E-state index contributed by atoms with van der Waals surface area (Å²) in [4.78, 5) is 2.64. The molecule has 1 heterocycles. The van der Waals surface area contributed by atoms with E-state index in [0.717, 1.165) is 48.9 Å². The second-order valence-electron chi connectivity index (χ2n) is 6.10. The predicted molar refractivity (Wildman–Crippen MR) is 104 cm³/mol. The van der Waals surface area contributed by atoms with Gasteiger partial charge >= 0.3 is 0 Å². The van der Waals surface area contributed by atoms with Crippen LogP contribution >= 0.6 is 40.7 Å². The summed E-state index contributed by atoms with van der Waals surface area (Å²) in [5.41, 5.74) is 1.36. The molecule has 0 amide bonds. The van der Waals surface area contributed by atoms with E-state index in [1.54, 1.807) is 0 Å². The summed E-state index contributed by atoms with van der Waals surface area (Å²) >= 11 is 3.64. The number of nitrogens with one attached hydrogen (secondary N) is 1. The molecule has 0 spiro atoms. The summed E-state index contributed by atoms with van der Waals surface area (Å²) in [6.07, 6.45) is 4.08. The number of rotatable bonds is 6. The standard InChI is InChI=1S/C17H25BrN2O.2ClH/c1-2-21-17-6-5-14(18)12-15(17)16(11-13-3-4-13)20-9-7-19-8-10-20;;/h5-6,12-13,16,19H,2-4,7-11H2,1H3;2*1H/t16-;;/m1../s1. The van der Waals surface area contributed by atoms with E-state index in [2.05, 4.69) is 51.3 Å². The molecule has 1 atom stereocenters. The summed E-state index contributed by atoms with van der Waals surface area (Å²) in [5.74, 6) is 1.98. The molecule has 2 fully saturated rings. The molecular formula is C17H27BrCl2N2O. The minimum Gasteiger partial charge on any atom is -0.494 e. The Balaban J connectivity index is 0.00000132. The molecule has 0 aromatic heterocycles. The fourth-order valence-electron chi connectivity index (χ4n) is 3.20. The summed E-state index contributed by atoms with van der Waals surface area (Å²) < 4.78 is 7.05. The monoisotopic (exact) mass is 424 g/mol. The molecule has 1 saturated heterocycles. The van der Waals surface area contributed by atoms with Crippen molar-refractivity contribution in [2.24, 2.45) is 5.92 Å². The minimum atomic E-state index is 0. The van der Waals surface area contributed by atoms with Crippen LogP contribution in [0.4, 0.5) is 0 Å². The summed E-state index contributed by atoms with van der Waals surface area (Å²) in [6.45, 7) is 7.25. The molecular weight excluding hydrogens is 399 g/mol. The van der Waals surface area contributed by atoms with Crippen LogP contribution in [0.3, 0.4) is 0 Å². The lowest BCUT2D eigenvalue weighted by Gasteiger charge is -2.36. The first-order valence-corrected chi connectivity index (χ1v) is 8.94. The van der Waals surface area contributed by atoms with Gasteiger partial charge in [-0.25, -0.2) is 0 Å². The minimum absolute atomic E-state index is 0. The Labute approximate surface area is 160 Å². The van der Waals surface area contributed by atoms with Gasteiger partial charge in [-0.15, -0.1) is 24.8 Å². The van der Waals surface area contributed by atoms with Crippen molar-refractivity contribution in [3.05, 3.63) is 28.2 Å². The summed E-state index contributed by atoms with van der Waals surface area (Å²) in [5, 5.41) is 3.46. The normalized spacial score (nSPS) is 19.4. The molecule has 1 saturated carbocycles. The highest BCUT2D eigenvalue weighted by Crippen LogP contribution is 2.43. The highest BCUT2D eigenvalue weighted by atomic mass is 79.9. The van der Waals surface area contributed by atoms with Crippen LogP contribution in [-0.4, -0.2) is 37.7 Å². The largest absolute Gasteiger partial charge is 0.494 e. The Hall–Kier alpha value is -0.000000000000000222. The Bertz CT molecular complexity index is 480. The molecule has 1 N–H and O–H groups in total. The van der Waals surface area contributed by atoms with E-state index in [0.29, 0.717) is 6.04 Å². The molecule has 0 bridgehead atoms. The van der Waals surface area contributed by atoms with Gasteiger partial charge in [0, 0.05) is 42.3 Å². The van der Waals surface area contributed by atoms with Crippen LogP contribution in [0.2, 0.25) is 0 Å². The first-order chi connectivity index (χ1) is 10.3. The van der Waals surface area contributed by atoms with Gasteiger partial charge < -0.3 is 10.1 Å².